The van der Waals surface area contributed by atoms with Crippen molar-refractivity contribution in [1.82, 2.24) is 20.2 Å². The van der Waals surface area contributed by atoms with Gasteiger partial charge in [-0.1, -0.05) is 31.5 Å². The van der Waals surface area contributed by atoms with Gasteiger partial charge in [-0.15, -0.1) is 0 Å². The number of unbranched alkanes of at least 4 members (excludes halogenated alkanes) is 1. The summed E-state index contributed by atoms with van der Waals surface area (Å²) in [5.41, 5.74) is 5.38. The second-order valence-corrected chi connectivity index (χ2v) is 7.76. The lowest BCUT2D eigenvalue weighted by atomic mass is 10.1. The van der Waals surface area contributed by atoms with Crippen LogP contribution in [0.3, 0.4) is 0 Å². The highest BCUT2D eigenvalue weighted by atomic mass is 16.5. The molecule has 1 amide bonds. The number of hydrogen-bond donors (Lipinski definition) is 2. The summed E-state index contributed by atoms with van der Waals surface area (Å²) in [7, 11) is 0. The lowest BCUT2D eigenvalue weighted by molar-refractivity contribution is 0.0524. The Morgan fingerprint density at radius 3 is 2.55 bits per heavy atom. The standard InChI is InChI=1S/C24H29N5O4/c1-6-8-13-29-23(31)18-12-10-9-11-17(18)21(28-29)22(30)27-26-16(5)20-14(3)19(15(4)25-20)24(32)33-7-2/h9-12,25H,6-8,13H2,1-5H3,(H,27,30)/b26-16+. The van der Waals surface area contributed by atoms with Crippen molar-refractivity contribution >= 4 is 28.4 Å². The van der Waals surface area contributed by atoms with Crippen LogP contribution in [0.5, 0.6) is 0 Å². The van der Waals surface area contributed by atoms with Crippen LogP contribution in [0.15, 0.2) is 34.2 Å². The van der Waals surface area contributed by atoms with Crippen molar-refractivity contribution in [3.63, 3.8) is 0 Å². The van der Waals surface area contributed by atoms with Gasteiger partial charge in [0.2, 0.25) is 0 Å². The highest BCUT2D eigenvalue weighted by Gasteiger charge is 2.21. The monoisotopic (exact) mass is 451 g/mol. The van der Waals surface area contributed by atoms with E-state index < -0.39 is 11.9 Å². The van der Waals surface area contributed by atoms with Crippen LogP contribution in [0.2, 0.25) is 0 Å². The van der Waals surface area contributed by atoms with Crippen LogP contribution < -0.4 is 11.0 Å². The number of H-pyrrole nitrogens is 1. The predicted octanol–water partition coefficient (Wildman–Crippen LogP) is 3.47. The molecule has 0 spiro atoms. The number of rotatable bonds is 8. The molecule has 2 N–H and O–H groups in total. The normalized spacial score (nSPS) is 11.6. The molecular weight excluding hydrogens is 422 g/mol. The van der Waals surface area contributed by atoms with Gasteiger partial charge in [-0.2, -0.15) is 10.2 Å². The maximum atomic E-state index is 13.0. The summed E-state index contributed by atoms with van der Waals surface area (Å²) >= 11 is 0. The molecule has 0 saturated heterocycles. The zero-order valence-electron chi connectivity index (χ0n) is 19.6. The number of fused-ring (bicyclic) bond motifs is 1. The highest BCUT2D eigenvalue weighted by molar-refractivity contribution is 6.06. The maximum Gasteiger partial charge on any atom is 0.340 e. The molecule has 0 unspecified atom stereocenters. The first kappa shape index (κ1) is 23.9. The van der Waals surface area contributed by atoms with E-state index in [1.54, 1.807) is 52.0 Å². The van der Waals surface area contributed by atoms with Gasteiger partial charge in [-0.25, -0.2) is 14.9 Å². The number of benzene rings is 1. The van der Waals surface area contributed by atoms with Crippen molar-refractivity contribution in [2.75, 3.05) is 6.61 Å². The summed E-state index contributed by atoms with van der Waals surface area (Å²) < 4.78 is 6.46. The quantitative estimate of drug-likeness (QED) is 0.309. The molecule has 174 valence electrons. The van der Waals surface area contributed by atoms with Gasteiger partial charge < -0.3 is 9.72 Å². The van der Waals surface area contributed by atoms with Crippen LogP contribution in [0.25, 0.3) is 10.8 Å². The Labute approximate surface area is 191 Å². The van der Waals surface area contributed by atoms with Gasteiger partial charge in [-0.3, -0.25) is 9.59 Å². The molecule has 1 aromatic carbocycles. The summed E-state index contributed by atoms with van der Waals surface area (Å²) in [5, 5.41) is 9.44. The van der Waals surface area contributed by atoms with Gasteiger partial charge in [0.15, 0.2) is 5.69 Å². The van der Waals surface area contributed by atoms with E-state index in [4.69, 9.17) is 4.74 Å². The smallest absolute Gasteiger partial charge is 0.340 e. The van der Waals surface area contributed by atoms with Crippen LogP contribution in [0, 0.1) is 13.8 Å². The minimum atomic E-state index is -0.526. The molecule has 33 heavy (non-hydrogen) atoms. The molecule has 9 nitrogen and oxygen atoms in total. The van der Waals surface area contributed by atoms with Gasteiger partial charge in [0.25, 0.3) is 11.5 Å². The number of carbonyl (C=O) groups is 2. The zero-order valence-corrected chi connectivity index (χ0v) is 19.6. The van der Waals surface area contributed by atoms with E-state index in [-0.39, 0.29) is 17.9 Å². The fourth-order valence-corrected chi connectivity index (χ4v) is 3.73. The molecule has 0 radical (unpaired) electrons. The first-order chi connectivity index (χ1) is 15.8. The van der Waals surface area contributed by atoms with Crippen molar-refractivity contribution in [3.05, 3.63) is 62.8 Å². The van der Waals surface area contributed by atoms with Crippen molar-refractivity contribution in [2.24, 2.45) is 5.10 Å². The fraction of sp³-hybridized carbons (Fsp3) is 0.375. The second-order valence-electron chi connectivity index (χ2n) is 7.76. The maximum absolute atomic E-state index is 13.0. The van der Waals surface area contributed by atoms with Gasteiger partial charge in [-0.05, 0) is 45.7 Å². The SMILES string of the molecule is CCCCn1nc(C(=O)N/N=C(\C)c2[nH]c(C)c(C(=O)OCC)c2C)c2ccccc2c1=O. The third-order valence-corrected chi connectivity index (χ3v) is 5.41. The molecule has 0 aliphatic heterocycles. The fourth-order valence-electron chi connectivity index (χ4n) is 3.73. The molecule has 0 bridgehead atoms. The highest BCUT2D eigenvalue weighted by Crippen LogP contribution is 2.20. The Morgan fingerprint density at radius 1 is 1.18 bits per heavy atom. The minimum Gasteiger partial charge on any atom is -0.462 e. The molecule has 9 heteroatoms. The number of aromatic amines is 1. The van der Waals surface area contributed by atoms with E-state index in [1.165, 1.54) is 4.68 Å². The van der Waals surface area contributed by atoms with Gasteiger partial charge in [0, 0.05) is 17.6 Å². The Morgan fingerprint density at radius 2 is 1.88 bits per heavy atom. The Kier molecular flexibility index (Phi) is 7.42. The molecule has 3 aromatic rings. The third-order valence-electron chi connectivity index (χ3n) is 5.41. The lowest BCUT2D eigenvalue weighted by Gasteiger charge is -2.10. The lowest BCUT2D eigenvalue weighted by Crippen LogP contribution is -2.29. The summed E-state index contributed by atoms with van der Waals surface area (Å²) in [6.45, 7) is 9.79. The van der Waals surface area contributed by atoms with Crippen LogP contribution in [-0.4, -0.2) is 39.0 Å². The van der Waals surface area contributed by atoms with Gasteiger partial charge in [0.1, 0.15) is 0 Å². The van der Waals surface area contributed by atoms with Crippen LogP contribution >= 0.6 is 0 Å². The molecule has 0 atom stereocenters. The van der Waals surface area contributed by atoms with Crippen molar-refractivity contribution < 1.29 is 14.3 Å². The number of hydrogen-bond acceptors (Lipinski definition) is 6. The number of amides is 1. The molecule has 0 aliphatic rings. The summed E-state index contributed by atoms with van der Waals surface area (Å²) in [4.78, 5) is 41.1. The van der Waals surface area contributed by atoms with E-state index >= 15 is 0 Å². The molecule has 3 rings (SSSR count). The number of aromatic nitrogens is 3. The number of carbonyl (C=O) groups excluding carboxylic acids is 2. The Balaban J connectivity index is 1.94. The third kappa shape index (κ3) is 4.87. The number of esters is 1. The van der Waals surface area contributed by atoms with E-state index in [9.17, 15) is 14.4 Å². The Bertz CT molecular complexity index is 1290. The van der Waals surface area contributed by atoms with Crippen molar-refractivity contribution in [3.8, 4) is 0 Å². The molecule has 2 aromatic heterocycles. The average molecular weight is 452 g/mol. The number of hydrazone groups is 1. The van der Waals surface area contributed by atoms with E-state index in [2.05, 4.69) is 20.6 Å². The van der Waals surface area contributed by atoms with Gasteiger partial charge >= 0.3 is 5.97 Å². The molecular formula is C24H29N5O4. The van der Waals surface area contributed by atoms with Crippen LogP contribution in [0.1, 0.15) is 71.4 Å². The number of aryl methyl sites for hydroxylation is 2. The number of ether oxygens (including phenoxy) is 1. The zero-order chi connectivity index (χ0) is 24.1. The number of nitrogens with one attached hydrogen (secondary N) is 2. The molecule has 0 fully saturated rings. The van der Waals surface area contributed by atoms with Gasteiger partial charge in [0.05, 0.1) is 29.0 Å². The van der Waals surface area contributed by atoms with E-state index in [0.29, 0.717) is 45.5 Å². The largest absolute Gasteiger partial charge is 0.462 e. The van der Waals surface area contributed by atoms with Crippen LogP contribution in [0.4, 0.5) is 0 Å². The molecule has 0 saturated carbocycles. The number of nitrogens with zero attached hydrogens (tertiary/aromatic N) is 3. The molecule has 0 aliphatic carbocycles. The van der Waals surface area contributed by atoms with E-state index in [0.717, 1.165) is 12.8 Å². The average Bonchev–Trinajstić information content (AvgIpc) is 3.11. The first-order valence-corrected chi connectivity index (χ1v) is 11.0. The second kappa shape index (κ2) is 10.2. The van der Waals surface area contributed by atoms with E-state index in [1.807, 2.05) is 6.92 Å². The summed E-state index contributed by atoms with van der Waals surface area (Å²) in [6.07, 6.45) is 1.67. The van der Waals surface area contributed by atoms with Crippen molar-refractivity contribution in [2.45, 2.75) is 54.0 Å². The summed E-state index contributed by atoms with van der Waals surface area (Å²) in [5.74, 6) is -0.931. The van der Waals surface area contributed by atoms with Crippen molar-refractivity contribution in [1.29, 1.82) is 0 Å². The summed E-state index contributed by atoms with van der Waals surface area (Å²) in [6, 6.07) is 6.90. The first-order valence-electron chi connectivity index (χ1n) is 11.0. The minimum absolute atomic E-state index is 0.129. The van der Waals surface area contributed by atoms with Crippen LogP contribution in [-0.2, 0) is 11.3 Å². The molecule has 2 heterocycles. The Hall–Kier alpha value is -3.75. The topological polar surface area (TPSA) is 118 Å². The predicted molar refractivity (Wildman–Crippen MR) is 127 cm³/mol.